The zero-order valence-corrected chi connectivity index (χ0v) is 13.8. The van der Waals surface area contributed by atoms with Crippen LogP contribution in [-0.4, -0.2) is 6.09 Å². The Kier molecular flexibility index (Phi) is 7.18. The first-order valence-electron chi connectivity index (χ1n) is 8.41. The highest BCUT2D eigenvalue weighted by atomic mass is 16.6. The number of para-hydroxylation sites is 1. The number of aryl methyl sites for hydroxylation is 1. The molecule has 0 radical (unpaired) electrons. The molecule has 23 heavy (non-hydrogen) atoms. The molecule has 0 fully saturated rings. The van der Waals surface area contributed by atoms with E-state index in [1.54, 1.807) is 0 Å². The maximum absolute atomic E-state index is 11.8. The molecular formula is C20H25NO2. The molecule has 0 aliphatic rings. The highest BCUT2D eigenvalue weighted by molar-refractivity contribution is 5.86. The smallest absolute Gasteiger partial charge is 0.410 e. The third kappa shape index (κ3) is 6.55. The number of anilines is 1. The number of nitrogens with one attached hydrogen (secondary N) is 1. The lowest BCUT2D eigenvalue weighted by molar-refractivity contribution is 0.215. The number of hydrogen-bond donors (Lipinski definition) is 1. The largest absolute Gasteiger partial charge is 0.417 e. The van der Waals surface area contributed by atoms with E-state index in [0.717, 1.165) is 12.1 Å². The van der Waals surface area contributed by atoms with E-state index in [1.165, 1.54) is 37.7 Å². The van der Waals surface area contributed by atoms with Gasteiger partial charge in [-0.05, 0) is 42.7 Å². The Bertz CT molecular complexity index is 578. The number of amides is 1. The van der Waals surface area contributed by atoms with Crippen LogP contribution in [0.4, 0.5) is 10.5 Å². The molecule has 1 amide bonds. The fraction of sp³-hybridized carbons (Fsp3) is 0.350. The lowest BCUT2D eigenvalue weighted by Gasteiger charge is -2.07. The van der Waals surface area contributed by atoms with Crippen molar-refractivity contribution in [3.8, 4) is 5.75 Å². The minimum atomic E-state index is -0.469. The third-order valence-electron chi connectivity index (χ3n) is 3.72. The van der Waals surface area contributed by atoms with Crippen LogP contribution in [0.3, 0.4) is 0 Å². The molecule has 0 aliphatic carbocycles. The Hall–Kier alpha value is -2.29. The van der Waals surface area contributed by atoms with Crippen LogP contribution >= 0.6 is 0 Å². The van der Waals surface area contributed by atoms with Crippen molar-refractivity contribution in [1.29, 1.82) is 0 Å². The number of hydrogen-bond acceptors (Lipinski definition) is 2. The Morgan fingerprint density at radius 3 is 2.30 bits per heavy atom. The number of carbonyl (C=O) groups is 1. The molecule has 0 aliphatic heterocycles. The van der Waals surface area contributed by atoms with Crippen molar-refractivity contribution in [2.45, 2.75) is 45.4 Å². The molecule has 2 aromatic rings. The van der Waals surface area contributed by atoms with Gasteiger partial charge in [0.05, 0.1) is 0 Å². The van der Waals surface area contributed by atoms with Crippen molar-refractivity contribution in [2.75, 3.05) is 5.32 Å². The fourth-order valence-corrected chi connectivity index (χ4v) is 2.43. The summed E-state index contributed by atoms with van der Waals surface area (Å²) in [5.74, 6) is 0.563. The Morgan fingerprint density at radius 2 is 1.61 bits per heavy atom. The number of rotatable bonds is 8. The van der Waals surface area contributed by atoms with E-state index < -0.39 is 6.09 Å². The maximum atomic E-state index is 11.8. The van der Waals surface area contributed by atoms with Crippen molar-refractivity contribution < 1.29 is 9.53 Å². The van der Waals surface area contributed by atoms with Gasteiger partial charge in [-0.2, -0.15) is 0 Å². The topological polar surface area (TPSA) is 38.3 Å². The first-order chi connectivity index (χ1) is 11.3. The highest BCUT2D eigenvalue weighted by Crippen LogP contribution is 2.16. The Morgan fingerprint density at radius 1 is 0.913 bits per heavy atom. The minimum Gasteiger partial charge on any atom is -0.410 e. The van der Waals surface area contributed by atoms with Crippen LogP contribution in [0, 0.1) is 0 Å². The van der Waals surface area contributed by atoms with E-state index >= 15 is 0 Å². The molecule has 0 spiro atoms. The second-order valence-corrected chi connectivity index (χ2v) is 5.69. The lowest BCUT2D eigenvalue weighted by atomic mass is 10.1. The summed E-state index contributed by atoms with van der Waals surface area (Å²) >= 11 is 0. The molecule has 0 heterocycles. The Balaban J connectivity index is 1.75. The van der Waals surface area contributed by atoms with E-state index in [2.05, 4.69) is 12.2 Å². The van der Waals surface area contributed by atoms with Gasteiger partial charge in [0.15, 0.2) is 0 Å². The number of unbranched alkanes of at least 4 members (excludes halogenated alkanes) is 4. The van der Waals surface area contributed by atoms with E-state index in [9.17, 15) is 4.79 Å². The Labute approximate surface area is 138 Å². The molecule has 1 N–H and O–H groups in total. The van der Waals surface area contributed by atoms with Gasteiger partial charge in [-0.3, -0.25) is 5.32 Å². The minimum absolute atomic E-state index is 0.469. The van der Waals surface area contributed by atoms with Gasteiger partial charge in [0.25, 0.3) is 0 Å². The first kappa shape index (κ1) is 17.1. The maximum Gasteiger partial charge on any atom is 0.417 e. The fourth-order valence-electron chi connectivity index (χ4n) is 2.43. The quantitative estimate of drug-likeness (QED) is 0.625. The molecule has 2 rings (SSSR count). The highest BCUT2D eigenvalue weighted by Gasteiger charge is 2.04. The molecular weight excluding hydrogens is 286 g/mol. The second-order valence-electron chi connectivity index (χ2n) is 5.69. The van der Waals surface area contributed by atoms with Gasteiger partial charge >= 0.3 is 6.09 Å². The summed E-state index contributed by atoms with van der Waals surface area (Å²) in [6.07, 6.45) is 7.03. The molecule has 3 nitrogen and oxygen atoms in total. The van der Waals surface area contributed by atoms with Crippen LogP contribution in [-0.2, 0) is 6.42 Å². The molecule has 0 aromatic heterocycles. The van der Waals surface area contributed by atoms with Crippen molar-refractivity contribution in [3.63, 3.8) is 0 Å². The number of benzene rings is 2. The number of carbonyl (C=O) groups excluding carboxylic acids is 1. The second kappa shape index (κ2) is 9.67. The van der Waals surface area contributed by atoms with Crippen molar-refractivity contribution in [1.82, 2.24) is 0 Å². The number of ether oxygens (including phenoxy) is 1. The summed E-state index contributed by atoms with van der Waals surface area (Å²) in [6.45, 7) is 2.23. The predicted octanol–water partition coefficient (Wildman–Crippen LogP) is 5.81. The molecule has 3 heteroatoms. The average molecular weight is 311 g/mol. The van der Waals surface area contributed by atoms with Crippen LogP contribution in [0.25, 0.3) is 0 Å². The van der Waals surface area contributed by atoms with Crippen molar-refractivity contribution in [2.24, 2.45) is 0 Å². The van der Waals surface area contributed by atoms with E-state index in [-0.39, 0.29) is 0 Å². The van der Waals surface area contributed by atoms with E-state index in [1.807, 2.05) is 54.6 Å². The van der Waals surface area contributed by atoms with E-state index in [0.29, 0.717) is 5.75 Å². The van der Waals surface area contributed by atoms with Crippen LogP contribution in [0.2, 0.25) is 0 Å². The van der Waals surface area contributed by atoms with Crippen LogP contribution < -0.4 is 10.1 Å². The standard InChI is InChI=1S/C20H25NO2/c1-2-3-4-5-7-10-17-13-15-19(16-14-17)23-20(22)21-18-11-8-6-9-12-18/h6,8-9,11-16H,2-5,7,10H2,1H3,(H,21,22). The zero-order chi connectivity index (χ0) is 16.3. The van der Waals surface area contributed by atoms with Gasteiger partial charge in [0, 0.05) is 5.69 Å². The van der Waals surface area contributed by atoms with Crippen LogP contribution in [0.5, 0.6) is 5.75 Å². The molecule has 0 saturated heterocycles. The van der Waals surface area contributed by atoms with Gasteiger partial charge in [-0.25, -0.2) is 4.79 Å². The first-order valence-corrected chi connectivity index (χ1v) is 8.41. The van der Waals surface area contributed by atoms with Crippen LogP contribution in [0.15, 0.2) is 54.6 Å². The van der Waals surface area contributed by atoms with Crippen molar-refractivity contribution in [3.05, 3.63) is 60.2 Å². The summed E-state index contributed by atoms with van der Waals surface area (Å²) < 4.78 is 5.28. The SMILES string of the molecule is CCCCCCCc1ccc(OC(=O)Nc2ccccc2)cc1. The van der Waals surface area contributed by atoms with Crippen molar-refractivity contribution >= 4 is 11.8 Å². The lowest BCUT2D eigenvalue weighted by Crippen LogP contribution is -2.16. The zero-order valence-electron chi connectivity index (χ0n) is 13.8. The molecule has 0 bridgehead atoms. The molecule has 2 aromatic carbocycles. The van der Waals surface area contributed by atoms with Crippen LogP contribution in [0.1, 0.15) is 44.6 Å². The van der Waals surface area contributed by atoms with Gasteiger partial charge in [-0.1, -0.05) is 62.9 Å². The average Bonchev–Trinajstić information content (AvgIpc) is 2.57. The van der Waals surface area contributed by atoms with Gasteiger partial charge < -0.3 is 4.74 Å². The third-order valence-corrected chi connectivity index (χ3v) is 3.72. The summed E-state index contributed by atoms with van der Waals surface area (Å²) in [5.41, 5.74) is 2.01. The monoisotopic (exact) mass is 311 g/mol. The summed E-state index contributed by atoms with van der Waals surface area (Å²) in [6, 6.07) is 17.0. The molecule has 0 atom stereocenters. The van der Waals surface area contributed by atoms with Gasteiger partial charge in [-0.15, -0.1) is 0 Å². The predicted molar refractivity (Wildman–Crippen MR) is 95.0 cm³/mol. The van der Waals surface area contributed by atoms with Gasteiger partial charge in [0.1, 0.15) is 5.75 Å². The summed E-state index contributed by atoms with van der Waals surface area (Å²) in [4.78, 5) is 11.8. The normalized spacial score (nSPS) is 10.3. The molecule has 122 valence electrons. The van der Waals surface area contributed by atoms with E-state index in [4.69, 9.17) is 4.74 Å². The van der Waals surface area contributed by atoms with Gasteiger partial charge in [0.2, 0.25) is 0 Å². The molecule has 0 unspecified atom stereocenters. The molecule has 0 saturated carbocycles. The summed E-state index contributed by atoms with van der Waals surface area (Å²) in [7, 11) is 0. The summed E-state index contributed by atoms with van der Waals surface area (Å²) in [5, 5.41) is 2.70.